The molecule has 174 valence electrons. The molecule has 1 aliphatic rings. The molecule has 1 aliphatic carbocycles. The van der Waals surface area contributed by atoms with Gasteiger partial charge in [-0.3, -0.25) is 14.4 Å². The molecule has 0 radical (unpaired) electrons. The minimum absolute atomic E-state index is 0.0705. The third-order valence-electron chi connectivity index (χ3n) is 5.26. The molecule has 2 amide bonds. The van der Waals surface area contributed by atoms with E-state index in [4.69, 9.17) is 9.26 Å². The van der Waals surface area contributed by atoms with Crippen molar-refractivity contribution in [2.45, 2.75) is 77.2 Å². The summed E-state index contributed by atoms with van der Waals surface area (Å²) < 4.78 is 10.3. The van der Waals surface area contributed by atoms with Crippen molar-refractivity contribution in [2.24, 2.45) is 0 Å². The Balaban J connectivity index is 1.55. The summed E-state index contributed by atoms with van der Waals surface area (Å²) in [5.41, 5.74) is -0.0558. The summed E-state index contributed by atoms with van der Waals surface area (Å²) in [6.07, 6.45) is 6.22. The first-order valence-corrected chi connectivity index (χ1v) is 11.8. The number of nitrogens with one attached hydrogen (secondary N) is 2. The second-order valence-electron chi connectivity index (χ2n) is 7.86. The van der Waals surface area contributed by atoms with Crippen LogP contribution in [0.5, 0.6) is 0 Å². The Kier molecular flexibility index (Phi) is 8.32. The fourth-order valence-corrected chi connectivity index (χ4v) is 4.56. The maximum Gasteiger partial charge on any atom is 0.311 e. The maximum atomic E-state index is 12.3. The number of hydrogen-bond acceptors (Lipinski definition) is 9. The molecule has 32 heavy (non-hydrogen) atoms. The highest BCUT2D eigenvalue weighted by atomic mass is 32.1. The van der Waals surface area contributed by atoms with Crippen LogP contribution in [0.25, 0.3) is 0 Å². The van der Waals surface area contributed by atoms with E-state index in [1.807, 2.05) is 0 Å². The molecule has 1 fully saturated rings. The molecule has 0 bridgehead atoms. The van der Waals surface area contributed by atoms with Crippen molar-refractivity contribution < 1.29 is 23.6 Å². The van der Waals surface area contributed by atoms with Crippen LogP contribution in [0.1, 0.15) is 76.2 Å². The number of aromatic nitrogens is 3. The lowest BCUT2D eigenvalue weighted by atomic mass is 9.89. The third-order valence-corrected chi connectivity index (χ3v) is 6.07. The van der Waals surface area contributed by atoms with Gasteiger partial charge in [0.15, 0.2) is 11.0 Å². The van der Waals surface area contributed by atoms with Gasteiger partial charge in [0.05, 0.1) is 18.7 Å². The number of amides is 2. The average molecular weight is 464 g/mol. The van der Waals surface area contributed by atoms with E-state index >= 15 is 0 Å². The van der Waals surface area contributed by atoms with E-state index in [9.17, 15) is 14.4 Å². The molecule has 2 heterocycles. The number of aryl methyl sites for hydroxylation is 1. The number of rotatable bonds is 9. The maximum absolute atomic E-state index is 12.3. The number of esters is 1. The smallest absolute Gasteiger partial charge is 0.311 e. The van der Waals surface area contributed by atoms with E-state index in [0.717, 1.165) is 38.5 Å². The molecule has 1 saturated carbocycles. The lowest BCUT2D eigenvalue weighted by Gasteiger charge is -2.30. The van der Waals surface area contributed by atoms with Crippen LogP contribution in [0.3, 0.4) is 0 Å². The molecule has 0 spiro atoms. The lowest BCUT2D eigenvalue weighted by Crippen LogP contribution is -2.45. The first kappa shape index (κ1) is 23.8. The monoisotopic (exact) mass is 463 g/mol. The fourth-order valence-electron chi connectivity index (χ4n) is 3.83. The molecule has 11 heteroatoms. The number of carbonyl (C=O) groups excluding carboxylic acids is 3. The Morgan fingerprint density at radius 2 is 1.94 bits per heavy atom. The zero-order valence-corrected chi connectivity index (χ0v) is 19.3. The molecule has 0 aliphatic heterocycles. The fraction of sp³-hybridized carbons (Fsp3) is 0.619. The molecular weight excluding hydrogens is 434 g/mol. The van der Waals surface area contributed by atoms with Crippen molar-refractivity contribution in [1.82, 2.24) is 20.4 Å². The highest BCUT2D eigenvalue weighted by Crippen LogP contribution is 2.34. The van der Waals surface area contributed by atoms with Crippen LogP contribution in [-0.2, 0) is 37.5 Å². The number of anilines is 1. The van der Waals surface area contributed by atoms with E-state index in [2.05, 4.69) is 25.8 Å². The third kappa shape index (κ3) is 6.59. The Hall–Kier alpha value is -2.82. The van der Waals surface area contributed by atoms with Crippen LogP contribution in [0.4, 0.5) is 5.13 Å². The van der Waals surface area contributed by atoms with Gasteiger partial charge >= 0.3 is 5.97 Å². The molecule has 0 aromatic carbocycles. The van der Waals surface area contributed by atoms with Crippen LogP contribution in [0.2, 0.25) is 0 Å². The summed E-state index contributed by atoms with van der Waals surface area (Å²) in [5, 5.41) is 12.0. The van der Waals surface area contributed by atoms with Gasteiger partial charge in [0.25, 0.3) is 0 Å². The molecular formula is C21H29N5O5S. The number of hydrogen-bond donors (Lipinski definition) is 2. The summed E-state index contributed by atoms with van der Waals surface area (Å²) in [4.78, 5) is 44.4. The van der Waals surface area contributed by atoms with E-state index in [1.165, 1.54) is 18.3 Å². The first-order valence-electron chi connectivity index (χ1n) is 10.9. The number of carbonyl (C=O) groups is 3. The van der Waals surface area contributed by atoms with Crippen molar-refractivity contribution in [1.29, 1.82) is 0 Å². The summed E-state index contributed by atoms with van der Waals surface area (Å²) >= 11 is 1.25. The van der Waals surface area contributed by atoms with Gasteiger partial charge < -0.3 is 19.9 Å². The summed E-state index contributed by atoms with van der Waals surface area (Å²) in [5.74, 6) is 0.115. The predicted octanol–water partition coefficient (Wildman–Crippen LogP) is 2.89. The Bertz CT molecular complexity index is 933. The minimum Gasteiger partial charge on any atom is -0.466 e. The highest BCUT2D eigenvalue weighted by molar-refractivity contribution is 7.13. The number of nitrogens with zero attached hydrogens (tertiary/aromatic N) is 3. The second-order valence-corrected chi connectivity index (χ2v) is 8.72. The largest absolute Gasteiger partial charge is 0.466 e. The van der Waals surface area contributed by atoms with E-state index in [-0.39, 0.29) is 37.0 Å². The van der Waals surface area contributed by atoms with Gasteiger partial charge in [0.2, 0.25) is 17.7 Å². The molecule has 2 aromatic rings. The zero-order chi connectivity index (χ0) is 23.0. The minimum atomic E-state index is -0.609. The predicted molar refractivity (Wildman–Crippen MR) is 117 cm³/mol. The zero-order valence-electron chi connectivity index (χ0n) is 18.4. The average Bonchev–Trinajstić information content (AvgIpc) is 3.32. The Labute approximate surface area is 190 Å². The molecule has 3 rings (SSSR count). The van der Waals surface area contributed by atoms with Crippen LogP contribution < -0.4 is 10.6 Å². The normalized spacial score (nSPS) is 15.6. The van der Waals surface area contributed by atoms with Crippen LogP contribution >= 0.6 is 11.3 Å². The Morgan fingerprint density at radius 3 is 2.62 bits per heavy atom. The summed E-state index contributed by atoms with van der Waals surface area (Å²) in [6.45, 7) is 3.55. The van der Waals surface area contributed by atoms with Gasteiger partial charge in [-0.05, 0) is 19.8 Å². The van der Waals surface area contributed by atoms with Gasteiger partial charge in [-0.1, -0.05) is 30.8 Å². The number of thiazole rings is 1. The van der Waals surface area contributed by atoms with E-state index < -0.39 is 5.54 Å². The summed E-state index contributed by atoms with van der Waals surface area (Å²) in [6, 6.07) is 0. The first-order chi connectivity index (χ1) is 15.4. The van der Waals surface area contributed by atoms with Crippen molar-refractivity contribution in [3.8, 4) is 0 Å². The van der Waals surface area contributed by atoms with Crippen molar-refractivity contribution in [3.63, 3.8) is 0 Å². The highest BCUT2D eigenvalue weighted by Gasteiger charge is 2.38. The van der Waals surface area contributed by atoms with Gasteiger partial charge in [-0.25, -0.2) is 4.98 Å². The SMILES string of the molecule is CCOC(=O)Cc1csc(NC(=O)CCc2nc(C3(NC(C)=O)CCCCCC3)no2)n1. The molecule has 10 nitrogen and oxygen atoms in total. The van der Waals surface area contributed by atoms with Crippen molar-refractivity contribution >= 4 is 34.3 Å². The Morgan fingerprint density at radius 1 is 1.19 bits per heavy atom. The van der Waals surface area contributed by atoms with Gasteiger partial charge in [-0.2, -0.15) is 4.98 Å². The van der Waals surface area contributed by atoms with Crippen LogP contribution in [0.15, 0.2) is 9.90 Å². The molecule has 0 saturated heterocycles. The van der Waals surface area contributed by atoms with Crippen LogP contribution in [-0.4, -0.2) is 39.5 Å². The number of ether oxygens (including phenoxy) is 1. The standard InChI is InChI=1S/C21H29N5O5S/c1-3-30-18(29)12-15-13-32-20(22-15)23-16(28)8-9-17-24-19(26-31-17)21(25-14(2)27)10-6-4-5-7-11-21/h13H,3-12H2,1-2H3,(H,25,27)(H,22,23,28). The quantitative estimate of drug-likeness (QED) is 0.428. The summed E-state index contributed by atoms with van der Waals surface area (Å²) in [7, 11) is 0. The molecule has 0 unspecified atom stereocenters. The van der Waals surface area contributed by atoms with Gasteiger partial charge in [0.1, 0.15) is 5.54 Å². The molecule has 2 N–H and O–H groups in total. The van der Waals surface area contributed by atoms with Crippen LogP contribution in [0, 0.1) is 0 Å². The lowest BCUT2D eigenvalue weighted by molar-refractivity contribution is -0.142. The topological polar surface area (TPSA) is 136 Å². The molecule has 0 atom stereocenters. The van der Waals surface area contributed by atoms with Crippen molar-refractivity contribution in [2.75, 3.05) is 11.9 Å². The molecule has 2 aromatic heterocycles. The van der Waals surface area contributed by atoms with Crippen molar-refractivity contribution in [3.05, 3.63) is 22.8 Å². The van der Waals surface area contributed by atoms with Gasteiger partial charge in [-0.15, -0.1) is 11.3 Å². The van der Waals surface area contributed by atoms with E-state index in [0.29, 0.717) is 29.1 Å². The van der Waals surface area contributed by atoms with Gasteiger partial charge in [0, 0.05) is 25.1 Å². The second kappa shape index (κ2) is 11.2. The van der Waals surface area contributed by atoms with E-state index in [1.54, 1.807) is 12.3 Å².